The number of nitrogens with two attached hydrogens (primary N) is 1. The van der Waals surface area contributed by atoms with Gasteiger partial charge in [-0.25, -0.2) is 9.78 Å². The van der Waals surface area contributed by atoms with E-state index in [4.69, 9.17) is 5.73 Å². The Labute approximate surface area is 133 Å². The van der Waals surface area contributed by atoms with Gasteiger partial charge in [-0.05, 0) is 24.0 Å². The lowest BCUT2D eigenvalue weighted by atomic mass is 10.0. The summed E-state index contributed by atoms with van der Waals surface area (Å²) in [6.45, 7) is 1.81. The van der Waals surface area contributed by atoms with Crippen LogP contribution in [0.2, 0.25) is 0 Å². The molecule has 3 heterocycles. The molecule has 3 N–H and O–H groups in total. The van der Waals surface area contributed by atoms with Crippen molar-refractivity contribution in [3.05, 3.63) is 17.1 Å². The highest BCUT2D eigenvalue weighted by Crippen LogP contribution is 2.40. The number of β-lactam (4-membered cyclic amide) rings is 1. The molecule has 0 radical (unpaired) electrons. The molecule has 21 heavy (non-hydrogen) atoms. The van der Waals surface area contributed by atoms with Crippen LogP contribution in [0.15, 0.2) is 15.6 Å². The van der Waals surface area contributed by atoms with E-state index in [0.717, 1.165) is 9.91 Å². The average molecular weight is 344 g/mol. The van der Waals surface area contributed by atoms with Crippen LogP contribution < -0.4 is 5.73 Å². The molecule has 1 aromatic heterocycles. The zero-order chi connectivity index (χ0) is 15.1. The number of fused-ring (bicyclic) bond motifs is 1. The average Bonchev–Trinajstić information content (AvgIpc) is 2.88. The molecule has 2 aliphatic rings. The Morgan fingerprint density at radius 3 is 3.00 bits per heavy atom. The minimum absolute atomic E-state index is 0.0826. The molecule has 7 nitrogen and oxygen atoms in total. The van der Waals surface area contributed by atoms with Crippen molar-refractivity contribution in [2.45, 2.75) is 22.7 Å². The molecule has 1 unspecified atom stereocenters. The number of aliphatic carboxylic acids is 1. The first-order valence-electron chi connectivity index (χ1n) is 6.07. The van der Waals surface area contributed by atoms with Crippen LogP contribution in [0.5, 0.6) is 0 Å². The Balaban J connectivity index is 1.81. The van der Waals surface area contributed by atoms with Gasteiger partial charge in [0.25, 0.3) is 0 Å². The molecule has 10 heteroatoms. The number of carboxylic acids is 1. The molecule has 1 aromatic rings. The summed E-state index contributed by atoms with van der Waals surface area (Å²) < 4.78 is 4.88. The van der Waals surface area contributed by atoms with Crippen LogP contribution in [0.3, 0.4) is 0 Å². The minimum Gasteiger partial charge on any atom is -0.477 e. The molecule has 112 valence electrons. The number of aromatic nitrogens is 2. The molecule has 0 bridgehead atoms. The molecule has 1 saturated heterocycles. The Morgan fingerprint density at radius 2 is 2.38 bits per heavy atom. The number of carbonyl (C=O) groups is 2. The fraction of sp³-hybridized carbons (Fsp3) is 0.455. The van der Waals surface area contributed by atoms with Crippen LogP contribution in [0.25, 0.3) is 0 Å². The summed E-state index contributed by atoms with van der Waals surface area (Å²) in [5.74, 6) is 0.351. The monoisotopic (exact) mass is 344 g/mol. The highest BCUT2D eigenvalue weighted by molar-refractivity contribution is 8.01. The molecule has 0 aliphatic carbocycles. The van der Waals surface area contributed by atoms with Crippen molar-refractivity contribution in [2.75, 3.05) is 11.5 Å². The summed E-state index contributed by atoms with van der Waals surface area (Å²) in [5.41, 5.74) is 6.51. The number of rotatable bonds is 4. The van der Waals surface area contributed by atoms with Gasteiger partial charge < -0.3 is 10.8 Å². The standard InChI is InChI=1S/C11H12N4O3S3/c1-4-13-11(21-14-4)20-3-5-2-19-9-6(12)8(16)15(9)7(5)10(17)18/h6,9H,2-3,12H2,1H3,(H,17,18)/t6-,9?/m1/s1. The second-order valence-electron chi connectivity index (χ2n) is 4.59. The second-order valence-corrected chi connectivity index (χ2v) is 7.67. The first kappa shape index (κ1) is 14.8. The fourth-order valence-electron chi connectivity index (χ4n) is 2.18. The van der Waals surface area contributed by atoms with E-state index >= 15 is 0 Å². The maximum atomic E-state index is 11.8. The van der Waals surface area contributed by atoms with Crippen LogP contribution in [0.4, 0.5) is 0 Å². The summed E-state index contributed by atoms with van der Waals surface area (Å²) in [5, 5.41) is 9.15. The molecule has 2 aliphatic heterocycles. The van der Waals surface area contributed by atoms with Gasteiger partial charge >= 0.3 is 5.97 Å². The quantitative estimate of drug-likeness (QED) is 0.601. The number of hydrogen-bond acceptors (Lipinski definition) is 8. The van der Waals surface area contributed by atoms with Crippen LogP contribution in [0, 0.1) is 6.92 Å². The largest absolute Gasteiger partial charge is 0.477 e. The van der Waals surface area contributed by atoms with Crippen LogP contribution in [0.1, 0.15) is 5.82 Å². The number of carbonyl (C=O) groups excluding carboxylic acids is 1. The van der Waals surface area contributed by atoms with Gasteiger partial charge in [0.1, 0.15) is 22.9 Å². The van der Waals surface area contributed by atoms with Gasteiger partial charge in [-0.3, -0.25) is 9.69 Å². The lowest BCUT2D eigenvalue weighted by molar-refractivity contribution is -0.147. The number of thioether (sulfide) groups is 2. The van der Waals surface area contributed by atoms with E-state index < -0.39 is 12.0 Å². The van der Waals surface area contributed by atoms with Crippen molar-refractivity contribution in [1.29, 1.82) is 0 Å². The smallest absolute Gasteiger partial charge is 0.352 e. The first-order valence-corrected chi connectivity index (χ1v) is 8.88. The van der Waals surface area contributed by atoms with Crippen molar-refractivity contribution in [1.82, 2.24) is 14.3 Å². The third kappa shape index (κ3) is 2.56. The highest BCUT2D eigenvalue weighted by atomic mass is 32.2. The zero-order valence-electron chi connectivity index (χ0n) is 11.0. The maximum absolute atomic E-state index is 11.8. The normalized spacial score (nSPS) is 24.9. The Hall–Kier alpha value is -1.10. The molecule has 2 atom stereocenters. The number of hydrogen-bond donors (Lipinski definition) is 2. The Morgan fingerprint density at radius 1 is 1.62 bits per heavy atom. The predicted octanol–water partition coefficient (Wildman–Crippen LogP) is 0.520. The van der Waals surface area contributed by atoms with Gasteiger partial charge in [-0.2, -0.15) is 4.37 Å². The van der Waals surface area contributed by atoms with Crippen molar-refractivity contribution < 1.29 is 14.7 Å². The van der Waals surface area contributed by atoms with Crippen molar-refractivity contribution in [2.24, 2.45) is 5.73 Å². The van der Waals surface area contributed by atoms with Gasteiger partial charge in [-0.1, -0.05) is 11.8 Å². The van der Waals surface area contributed by atoms with Gasteiger partial charge in [0.2, 0.25) is 5.91 Å². The Bertz CT molecular complexity index is 644. The van der Waals surface area contributed by atoms with E-state index in [1.165, 1.54) is 40.0 Å². The molecular weight excluding hydrogens is 332 g/mol. The van der Waals surface area contributed by atoms with Crippen LogP contribution >= 0.6 is 35.1 Å². The van der Waals surface area contributed by atoms with Crippen molar-refractivity contribution in [3.63, 3.8) is 0 Å². The minimum atomic E-state index is -1.08. The van der Waals surface area contributed by atoms with Gasteiger partial charge in [0, 0.05) is 11.5 Å². The lowest BCUT2D eigenvalue weighted by Crippen LogP contribution is -2.68. The highest BCUT2D eigenvalue weighted by Gasteiger charge is 2.51. The lowest BCUT2D eigenvalue weighted by Gasteiger charge is -2.48. The third-order valence-electron chi connectivity index (χ3n) is 3.17. The summed E-state index contributed by atoms with van der Waals surface area (Å²) in [4.78, 5) is 28.8. The van der Waals surface area contributed by atoms with E-state index in [-0.39, 0.29) is 17.0 Å². The molecule has 1 amide bonds. The third-order valence-corrected chi connectivity index (χ3v) is 6.54. The van der Waals surface area contributed by atoms with Crippen molar-refractivity contribution >= 4 is 46.9 Å². The molecule has 1 fully saturated rings. The van der Waals surface area contributed by atoms with E-state index in [2.05, 4.69) is 9.36 Å². The molecular formula is C11H12N4O3S3. The zero-order valence-corrected chi connectivity index (χ0v) is 13.4. The van der Waals surface area contributed by atoms with Gasteiger partial charge in [-0.15, -0.1) is 11.8 Å². The molecule has 3 rings (SSSR count). The van der Waals surface area contributed by atoms with E-state index in [1.807, 2.05) is 6.92 Å². The Kier molecular flexibility index (Phi) is 3.95. The molecule has 0 spiro atoms. The van der Waals surface area contributed by atoms with E-state index in [0.29, 0.717) is 17.3 Å². The first-order chi connectivity index (χ1) is 9.99. The molecule has 0 saturated carbocycles. The van der Waals surface area contributed by atoms with E-state index in [9.17, 15) is 14.7 Å². The van der Waals surface area contributed by atoms with Crippen LogP contribution in [-0.4, -0.2) is 54.2 Å². The summed E-state index contributed by atoms with van der Waals surface area (Å²) in [6.07, 6.45) is 0. The maximum Gasteiger partial charge on any atom is 0.352 e. The van der Waals surface area contributed by atoms with E-state index in [1.54, 1.807) is 0 Å². The second kappa shape index (κ2) is 5.59. The van der Waals surface area contributed by atoms with Crippen molar-refractivity contribution in [3.8, 4) is 0 Å². The summed E-state index contributed by atoms with van der Waals surface area (Å²) in [7, 11) is 0. The number of amides is 1. The predicted molar refractivity (Wildman–Crippen MR) is 81.1 cm³/mol. The fourth-order valence-corrected chi connectivity index (χ4v) is 5.26. The number of carboxylic acid groups (broad SMARTS) is 1. The molecule has 0 aromatic carbocycles. The van der Waals surface area contributed by atoms with Gasteiger partial charge in [0.05, 0.1) is 0 Å². The number of nitrogens with zero attached hydrogens (tertiary/aromatic N) is 3. The topological polar surface area (TPSA) is 109 Å². The summed E-state index contributed by atoms with van der Waals surface area (Å²) >= 11 is 4.24. The summed E-state index contributed by atoms with van der Waals surface area (Å²) in [6, 6.07) is -0.593. The number of aryl methyl sites for hydroxylation is 1. The SMILES string of the molecule is Cc1nsc(SCC2=C(C(=O)O)N3C(=O)[C@@H](N)C3SC2)n1. The van der Waals surface area contributed by atoms with Gasteiger partial charge in [0.15, 0.2) is 4.34 Å². The van der Waals surface area contributed by atoms with Crippen LogP contribution in [-0.2, 0) is 9.59 Å².